The smallest absolute Gasteiger partial charge is 0.165 e. The van der Waals surface area contributed by atoms with Crippen molar-refractivity contribution in [1.29, 1.82) is 0 Å². The van der Waals surface area contributed by atoms with Crippen LogP contribution < -0.4 is 0 Å². The molecule has 1 unspecified atom stereocenters. The predicted octanol–water partition coefficient (Wildman–Crippen LogP) is 2.44. The Labute approximate surface area is 87.0 Å². The molecule has 0 aromatic rings. The summed E-state index contributed by atoms with van der Waals surface area (Å²) in [5, 5.41) is 0. The summed E-state index contributed by atoms with van der Waals surface area (Å²) in [6.45, 7) is 7.72. The van der Waals surface area contributed by atoms with Crippen molar-refractivity contribution in [3.8, 4) is 12.3 Å². The molecule has 2 heteroatoms. The van der Waals surface area contributed by atoms with Crippen LogP contribution in [-0.2, 0) is 9.47 Å². The van der Waals surface area contributed by atoms with Crippen LogP contribution in [0.4, 0.5) is 0 Å². The van der Waals surface area contributed by atoms with Crippen molar-refractivity contribution in [2.75, 3.05) is 13.2 Å². The van der Waals surface area contributed by atoms with Crippen LogP contribution in [0.25, 0.3) is 0 Å². The van der Waals surface area contributed by atoms with E-state index in [1.807, 2.05) is 6.92 Å². The van der Waals surface area contributed by atoms with E-state index < -0.39 is 0 Å². The van der Waals surface area contributed by atoms with Crippen molar-refractivity contribution < 1.29 is 9.47 Å². The Bertz CT molecular complexity index is 209. The maximum Gasteiger partial charge on any atom is 0.165 e. The molecule has 1 saturated heterocycles. The van der Waals surface area contributed by atoms with Gasteiger partial charge in [-0.15, -0.1) is 12.3 Å². The normalized spacial score (nSPS) is 22.2. The number of ether oxygens (including phenoxy) is 2. The zero-order valence-corrected chi connectivity index (χ0v) is 9.38. The van der Waals surface area contributed by atoms with E-state index in [0.29, 0.717) is 25.0 Å². The van der Waals surface area contributed by atoms with E-state index in [0.717, 1.165) is 12.8 Å². The van der Waals surface area contributed by atoms with Gasteiger partial charge >= 0.3 is 0 Å². The van der Waals surface area contributed by atoms with Gasteiger partial charge in [-0.1, -0.05) is 13.8 Å². The van der Waals surface area contributed by atoms with Crippen molar-refractivity contribution >= 4 is 0 Å². The SMILES string of the molecule is C#CC(CCC1(C)OCCO1)C(C)C. The highest BCUT2D eigenvalue weighted by atomic mass is 16.7. The van der Waals surface area contributed by atoms with Gasteiger partial charge in [0.2, 0.25) is 0 Å². The van der Waals surface area contributed by atoms with Crippen molar-refractivity contribution in [1.82, 2.24) is 0 Å². The van der Waals surface area contributed by atoms with Crippen LogP contribution in [0.2, 0.25) is 0 Å². The van der Waals surface area contributed by atoms with Crippen LogP contribution in [-0.4, -0.2) is 19.0 Å². The molecular weight excluding hydrogens is 176 g/mol. The lowest BCUT2D eigenvalue weighted by atomic mass is 9.90. The van der Waals surface area contributed by atoms with E-state index in [-0.39, 0.29) is 5.79 Å². The molecule has 14 heavy (non-hydrogen) atoms. The minimum Gasteiger partial charge on any atom is -0.348 e. The summed E-state index contributed by atoms with van der Waals surface area (Å²) < 4.78 is 11.0. The van der Waals surface area contributed by atoms with Gasteiger partial charge in [-0.05, 0) is 19.3 Å². The lowest BCUT2D eigenvalue weighted by molar-refractivity contribution is -0.148. The maximum atomic E-state index is 5.52. The Morgan fingerprint density at radius 3 is 2.36 bits per heavy atom. The molecule has 0 spiro atoms. The van der Waals surface area contributed by atoms with Gasteiger partial charge < -0.3 is 9.47 Å². The largest absolute Gasteiger partial charge is 0.348 e. The highest BCUT2D eigenvalue weighted by molar-refractivity contribution is 4.95. The van der Waals surface area contributed by atoms with Gasteiger partial charge in [-0.25, -0.2) is 0 Å². The van der Waals surface area contributed by atoms with Gasteiger partial charge in [-0.2, -0.15) is 0 Å². The average molecular weight is 196 g/mol. The number of hydrogen-bond acceptors (Lipinski definition) is 2. The summed E-state index contributed by atoms with van der Waals surface area (Å²) in [7, 11) is 0. The fraction of sp³-hybridized carbons (Fsp3) is 0.833. The first-order valence-electron chi connectivity index (χ1n) is 5.31. The lowest BCUT2D eigenvalue weighted by Crippen LogP contribution is -2.26. The highest BCUT2D eigenvalue weighted by Gasteiger charge is 2.31. The predicted molar refractivity (Wildman–Crippen MR) is 56.7 cm³/mol. The van der Waals surface area contributed by atoms with Gasteiger partial charge in [0.1, 0.15) is 0 Å². The second-order valence-electron chi connectivity index (χ2n) is 4.39. The van der Waals surface area contributed by atoms with Crippen LogP contribution in [0.3, 0.4) is 0 Å². The van der Waals surface area contributed by atoms with E-state index in [4.69, 9.17) is 15.9 Å². The summed E-state index contributed by atoms with van der Waals surface area (Å²) in [5.41, 5.74) is 0. The first-order valence-corrected chi connectivity index (χ1v) is 5.31. The third kappa shape index (κ3) is 3.01. The first-order chi connectivity index (χ1) is 6.57. The molecule has 0 aliphatic carbocycles. The van der Waals surface area contributed by atoms with E-state index in [9.17, 15) is 0 Å². The van der Waals surface area contributed by atoms with Crippen molar-refractivity contribution in [3.05, 3.63) is 0 Å². The second-order valence-corrected chi connectivity index (χ2v) is 4.39. The molecule has 0 radical (unpaired) electrons. The molecule has 2 nitrogen and oxygen atoms in total. The molecule has 1 atom stereocenters. The fourth-order valence-electron chi connectivity index (χ4n) is 1.73. The molecule has 1 heterocycles. The molecule has 0 bridgehead atoms. The Kier molecular flexibility index (Phi) is 3.97. The zero-order chi connectivity index (χ0) is 10.6. The second kappa shape index (κ2) is 4.82. The number of hydrogen-bond donors (Lipinski definition) is 0. The minimum absolute atomic E-state index is 0.333. The molecule has 1 aliphatic rings. The number of terminal acetylenes is 1. The molecule has 0 amide bonds. The minimum atomic E-state index is -0.385. The van der Waals surface area contributed by atoms with Crippen molar-refractivity contribution in [2.45, 2.75) is 39.4 Å². The topological polar surface area (TPSA) is 18.5 Å². The van der Waals surface area contributed by atoms with Crippen LogP contribution in [0.1, 0.15) is 33.6 Å². The number of rotatable bonds is 4. The Morgan fingerprint density at radius 2 is 1.93 bits per heavy atom. The molecule has 1 aliphatic heterocycles. The van der Waals surface area contributed by atoms with E-state index >= 15 is 0 Å². The lowest BCUT2D eigenvalue weighted by Gasteiger charge is -2.24. The third-order valence-electron chi connectivity index (χ3n) is 2.83. The molecule has 1 fully saturated rings. The third-order valence-corrected chi connectivity index (χ3v) is 2.83. The van der Waals surface area contributed by atoms with Crippen LogP contribution in [0.5, 0.6) is 0 Å². The van der Waals surface area contributed by atoms with Gasteiger partial charge in [0.15, 0.2) is 5.79 Å². The van der Waals surface area contributed by atoms with Crippen molar-refractivity contribution in [3.63, 3.8) is 0 Å². The van der Waals surface area contributed by atoms with Crippen LogP contribution in [0.15, 0.2) is 0 Å². The highest BCUT2D eigenvalue weighted by Crippen LogP contribution is 2.28. The molecular formula is C12H20O2. The van der Waals surface area contributed by atoms with Gasteiger partial charge in [0, 0.05) is 12.3 Å². The maximum absolute atomic E-state index is 5.52. The molecule has 1 rings (SSSR count). The molecule has 0 N–H and O–H groups in total. The van der Waals surface area contributed by atoms with E-state index in [1.54, 1.807) is 0 Å². The van der Waals surface area contributed by atoms with E-state index in [2.05, 4.69) is 19.8 Å². The monoisotopic (exact) mass is 196 g/mol. The Hall–Kier alpha value is -0.520. The molecule has 0 saturated carbocycles. The van der Waals surface area contributed by atoms with Crippen molar-refractivity contribution in [2.24, 2.45) is 11.8 Å². The van der Waals surface area contributed by atoms with E-state index in [1.165, 1.54) is 0 Å². The fourth-order valence-corrected chi connectivity index (χ4v) is 1.73. The Balaban J connectivity index is 2.35. The average Bonchev–Trinajstić information content (AvgIpc) is 2.53. The summed E-state index contributed by atoms with van der Waals surface area (Å²) in [6, 6.07) is 0. The Morgan fingerprint density at radius 1 is 1.36 bits per heavy atom. The molecule has 0 aromatic heterocycles. The quantitative estimate of drug-likeness (QED) is 0.643. The summed E-state index contributed by atoms with van der Waals surface area (Å²) in [4.78, 5) is 0. The summed E-state index contributed by atoms with van der Waals surface area (Å²) in [6.07, 6.45) is 7.34. The standard InChI is InChI=1S/C12H20O2/c1-5-11(10(2)3)6-7-12(4)13-8-9-14-12/h1,10-11H,6-9H2,2-4H3. The summed E-state index contributed by atoms with van der Waals surface area (Å²) in [5.74, 6) is 3.31. The van der Waals surface area contributed by atoms with Gasteiger partial charge in [-0.3, -0.25) is 0 Å². The molecule has 0 aromatic carbocycles. The molecule has 80 valence electrons. The van der Waals surface area contributed by atoms with Crippen LogP contribution in [0, 0.1) is 24.2 Å². The zero-order valence-electron chi connectivity index (χ0n) is 9.38. The van der Waals surface area contributed by atoms with Gasteiger partial charge in [0.25, 0.3) is 0 Å². The van der Waals surface area contributed by atoms with Crippen LogP contribution >= 0.6 is 0 Å². The van der Waals surface area contributed by atoms with Gasteiger partial charge in [0.05, 0.1) is 13.2 Å². The summed E-state index contributed by atoms with van der Waals surface area (Å²) >= 11 is 0. The first kappa shape index (κ1) is 11.6.